The van der Waals surface area contributed by atoms with Crippen LogP contribution in [-0.2, 0) is 21.4 Å². The van der Waals surface area contributed by atoms with Gasteiger partial charge in [-0.25, -0.2) is 4.52 Å². The first kappa shape index (κ1) is 17.2. The standard InChI is InChI=1S/C21H23N5O2/c1-21(2)16-7-6-14(11-17(16)23-19(21)27)22-20-24-18-5-3-4-15(26(18)25-20)10-13-8-9-28-12-13/h3-7,11,13H,8-10,12H2,1-2H3,(H,22,25)(H,23,27). The van der Waals surface area contributed by atoms with Gasteiger partial charge < -0.3 is 15.4 Å². The zero-order valence-electron chi connectivity index (χ0n) is 16.0. The van der Waals surface area contributed by atoms with Gasteiger partial charge in [-0.05, 0) is 62.4 Å². The van der Waals surface area contributed by atoms with Crippen molar-refractivity contribution in [3.05, 3.63) is 47.7 Å². The van der Waals surface area contributed by atoms with Crippen molar-refractivity contribution >= 4 is 28.9 Å². The Labute approximate surface area is 163 Å². The molecule has 1 unspecified atom stereocenters. The van der Waals surface area contributed by atoms with Gasteiger partial charge in [0.2, 0.25) is 11.9 Å². The molecule has 0 spiro atoms. The van der Waals surface area contributed by atoms with Gasteiger partial charge in [-0.15, -0.1) is 5.10 Å². The second-order valence-electron chi connectivity index (χ2n) is 8.12. The Bertz CT molecular complexity index is 1070. The molecule has 5 rings (SSSR count). The van der Waals surface area contributed by atoms with Crippen LogP contribution in [0.3, 0.4) is 0 Å². The number of carbonyl (C=O) groups is 1. The maximum atomic E-state index is 12.2. The van der Waals surface area contributed by atoms with Gasteiger partial charge in [0.05, 0.1) is 5.41 Å². The Kier molecular flexibility index (Phi) is 3.87. The van der Waals surface area contributed by atoms with Crippen LogP contribution in [-0.4, -0.2) is 33.7 Å². The fraction of sp³-hybridized carbons (Fsp3) is 0.381. The van der Waals surface area contributed by atoms with E-state index in [1.165, 1.54) is 0 Å². The van der Waals surface area contributed by atoms with Crippen LogP contribution in [0.25, 0.3) is 5.65 Å². The lowest BCUT2D eigenvalue weighted by Gasteiger charge is -2.14. The molecule has 144 valence electrons. The normalized spacial score (nSPS) is 20.4. The second kappa shape index (κ2) is 6.31. The minimum atomic E-state index is -0.506. The lowest BCUT2D eigenvalue weighted by molar-refractivity contribution is -0.119. The van der Waals surface area contributed by atoms with Crippen molar-refractivity contribution in [1.82, 2.24) is 14.6 Å². The third kappa shape index (κ3) is 2.82. The van der Waals surface area contributed by atoms with Crippen LogP contribution in [0.4, 0.5) is 17.3 Å². The molecule has 28 heavy (non-hydrogen) atoms. The molecule has 2 aliphatic heterocycles. The van der Waals surface area contributed by atoms with E-state index in [-0.39, 0.29) is 5.91 Å². The Morgan fingerprint density at radius 3 is 3.04 bits per heavy atom. The number of anilines is 3. The number of nitrogens with one attached hydrogen (secondary N) is 2. The number of pyridine rings is 1. The van der Waals surface area contributed by atoms with Gasteiger partial charge in [0.15, 0.2) is 5.65 Å². The molecule has 0 bridgehead atoms. The Balaban J connectivity index is 1.42. The molecule has 3 aromatic rings. The number of ether oxygens (including phenoxy) is 1. The van der Waals surface area contributed by atoms with Gasteiger partial charge in [0, 0.05) is 30.3 Å². The van der Waals surface area contributed by atoms with E-state index in [9.17, 15) is 4.79 Å². The Hall–Kier alpha value is -2.93. The fourth-order valence-corrected chi connectivity index (χ4v) is 4.01. The number of fused-ring (bicyclic) bond motifs is 2. The van der Waals surface area contributed by atoms with E-state index in [0.29, 0.717) is 11.9 Å². The molecule has 1 aromatic carbocycles. The van der Waals surface area contributed by atoms with Gasteiger partial charge in [-0.1, -0.05) is 12.1 Å². The van der Waals surface area contributed by atoms with E-state index >= 15 is 0 Å². The number of hydrogen-bond acceptors (Lipinski definition) is 5. The molecule has 1 fully saturated rings. The largest absolute Gasteiger partial charge is 0.381 e. The van der Waals surface area contributed by atoms with Crippen LogP contribution in [0.2, 0.25) is 0 Å². The monoisotopic (exact) mass is 377 g/mol. The average Bonchev–Trinajstić information content (AvgIpc) is 3.35. The molecule has 4 heterocycles. The minimum absolute atomic E-state index is 0.0195. The minimum Gasteiger partial charge on any atom is -0.381 e. The number of amides is 1. The average molecular weight is 377 g/mol. The molecule has 1 atom stereocenters. The van der Waals surface area contributed by atoms with Gasteiger partial charge in [0.1, 0.15) is 0 Å². The molecular weight excluding hydrogens is 354 g/mol. The molecular formula is C21H23N5O2. The lowest BCUT2D eigenvalue weighted by Crippen LogP contribution is -2.26. The van der Waals surface area contributed by atoms with Crippen LogP contribution in [0, 0.1) is 5.92 Å². The lowest BCUT2D eigenvalue weighted by atomic mass is 9.86. The van der Waals surface area contributed by atoms with Crippen LogP contribution in [0.15, 0.2) is 36.4 Å². The third-order valence-electron chi connectivity index (χ3n) is 5.72. The number of aromatic nitrogens is 3. The summed E-state index contributed by atoms with van der Waals surface area (Å²) in [6.45, 7) is 5.52. The number of carbonyl (C=O) groups excluding carboxylic acids is 1. The van der Waals surface area contributed by atoms with E-state index in [0.717, 1.165) is 54.3 Å². The molecule has 2 aromatic heterocycles. The summed E-state index contributed by atoms with van der Waals surface area (Å²) in [5.41, 5.74) is 4.14. The predicted octanol–water partition coefficient (Wildman–Crippen LogP) is 3.28. The van der Waals surface area contributed by atoms with Gasteiger partial charge >= 0.3 is 0 Å². The molecule has 1 amide bonds. The van der Waals surface area contributed by atoms with E-state index in [2.05, 4.69) is 26.8 Å². The van der Waals surface area contributed by atoms with Crippen molar-refractivity contribution in [2.24, 2.45) is 5.92 Å². The smallest absolute Gasteiger partial charge is 0.247 e. The van der Waals surface area contributed by atoms with Gasteiger partial charge in [-0.3, -0.25) is 4.79 Å². The summed E-state index contributed by atoms with van der Waals surface area (Å²) in [6.07, 6.45) is 2.02. The summed E-state index contributed by atoms with van der Waals surface area (Å²) in [4.78, 5) is 16.8. The van der Waals surface area contributed by atoms with Crippen LogP contribution >= 0.6 is 0 Å². The van der Waals surface area contributed by atoms with Crippen LogP contribution < -0.4 is 10.6 Å². The fourth-order valence-electron chi connectivity index (χ4n) is 4.01. The first-order chi connectivity index (χ1) is 13.5. The first-order valence-electron chi connectivity index (χ1n) is 9.66. The summed E-state index contributed by atoms with van der Waals surface area (Å²) < 4.78 is 7.40. The zero-order chi connectivity index (χ0) is 19.3. The van der Waals surface area contributed by atoms with Gasteiger partial charge in [0.25, 0.3) is 0 Å². The maximum Gasteiger partial charge on any atom is 0.247 e. The molecule has 0 radical (unpaired) electrons. The summed E-state index contributed by atoms with van der Waals surface area (Å²) in [6, 6.07) is 12.0. The number of nitrogens with zero attached hydrogens (tertiary/aromatic N) is 3. The maximum absolute atomic E-state index is 12.2. The zero-order valence-corrected chi connectivity index (χ0v) is 16.0. The van der Waals surface area contributed by atoms with Crippen molar-refractivity contribution < 1.29 is 9.53 Å². The summed E-state index contributed by atoms with van der Waals surface area (Å²) in [7, 11) is 0. The molecule has 0 saturated carbocycles. The summed E-state index contributed by atoms with van der Waals surface area (Å²) >= 11 is 0. The van der Waals surface area contributed by atoms with Crippen molar-refractivity contribution in [2.45, 2.75) is 32.1 Å². The Morgan fingerprint density at radius 1 is 1.32 bits per heavy atom. The molecule has 1 saturated heterocycles. The molecule has 0 aliphatic carbocycles. The van der Waals surface area contributed by atoms with Crippen LogP contribution in [0.1, 0.15) is 31.5 Å². The van der Waals surface area contributed by atoms with Crippen molar-refractivity contribution in [2.75, 3.05) is 23.8 Å². The summed E-state index contributed by atoms with van der Waals surface area (Å²) in [5, 5.41) is 10.9. The Morgan fingerprint density at radius 2 is 2.21 bits per heavy atom. The van der Waals surface area contributed by atoms with E-state index in [1.54, 1.807) is 0 Å². The van der Waals surface area contributed by atoms with Crippen molar-refractivity contribution in [1.29, 1.82) is 0 Å². The predicted molar refractivity (Wildman–Crippen MR) is 107 cm³/mol. The highest BCUT2D eigenvalue weighted by Crippen LogP contribution is 2.38. The van der Waals surface area contributed by atoms with E-state index in [1.807, 2.05) is 48.7 Å². The van der Waals surface area contributed by atoms with Crippen molar-refractivity contribution in [3.8, 4) is 0 Å². The quantitative estimate of drug-likeness (QED) is 0.729. The number of benzene rings is 1. The first-order valence-corrected chi connectivity index (χ1v) is 9.66. The number of rotatable bonds is 4. The van der Waals surface area contributed by atoms with E-state index < -0.39 is 5.41 Å². The molecule has 7 heteroatoms. The highest BCUT2D eigenvalue weighted by molar-refractivity contribution is 6.06. The highest BCUT2D eigenvalue weighted by Gasteiger charge is 2.38. The van der Waals surface area contributed by atoms with Crippen molar-refractivity contribution in [3.63, 3.8) is 0 Å². The van der Waals surface area contributed by atoms with E-state index in [4.69, 9.17) is 4.74 Å². The second-order valence-corrected chi connectivity index (χ2v) is 8.12. The summed E-state index contributed by atoms with van der Waals surface area (Å²) in [5.74, 6) is 1.10. The topological polar surface area (TPSA) is 80.5 Å². The SMILES string of the molecule is CC1(C)C(=O)Nc2cc(Nc3nc4cccc(CC5CCOC5)n4n3)ccc21. The molecule has 2 aliphatic rings. The third-order valence-corrected chi connectivity index (χ3v) is 5.72. The number of hydrogen-bond donors (Lipinski definition) is 2. The molecule has 2 N–H and O–H groups in total. The highest BCUT2D eigenvalue weighted by atomic mass is 16.5. The van der Waals surface area contributed by atoms with Gasteiger partial charge in [-0.2, -0.15) is 4.98 Å². The van der Waals surface area contributed by atoms with Crippen LogP contribution in [0.5, 0.6) is 0 Å². The molecule has 7 nitrogen and oxygen atoms in total.